The quantitative estimate of drug-likeness (QED) is 0.478. The van der Waals surface area contributed by atoms with Gasteiger partial charge in [0.2, 0.25) is 4.96 Å². The fraction of sp³-hybridized carbons (Fsp3) is 0.182. The largest absolute Gasteiger partial charge is 0.493 e. The number of aromatic nitrogens is 3. The van der Waals surface area contributed by atoms with Crippen LogP contribution in [0.2, 0.25) is 0 Å². The topological polar surface area (TPSA) is 89.5 Å². The van der Waals surface area contributed by atoms with Crippen molar-refractivity contribution >= 4 is 22.4 Å². The average molecular weight is 418 g/mol. The molecular formula is C22H18N4O3S. The monoisotopic (exact) mass is 418 g/mol. The van der Waals surface area contributed by atoms with E-state index in [1.54, 1.807) is 38.5 Å². The molecular weight excluding hydrogens is 400 g/mol. The molecule has 4 rings (SSSR count). The highest BCUT2D eigenvalue weighted by Crippen LogP contribution is 2.27. The molecule has 0 aliphatic rings. The van der Waals surface area contributed by atoms with Crippen molar-refractivity contribution in [3.63, 3.8) is 0 Å². The molecule has 7 nitrogen and oxygen atoms in total. The molecule has 2 heterocycles. The number of hydrogen-bond donors (Lipinski definition) is 0. The van der Waals surface area contributed by atoms with Gasteiger partial charge < -0.3 is 9.47 Å². The SMILES string of the molecule is COc1ccc(/C=c2\sc3nc(CCc4ccc(C#N)cc4)nn3c2=O)cc1OC. The van der Waals surface area contributed by atoms with Crippen LogP contribution < -0.4 is 19.6 Å². The fourth-order valence-corrected chi connectivity index (χ4v) is 4.00. The van der Waals surface area contributed by atoms with E-state index in [4.69, 9.17) is 14.7 Å². The van der Waals surface area contributed by atoms with E-state index >= 15 is 0 Å². The molecule has 0 saturated heterocycles. The first-order valence-electron chi connectivity index (χ1n) is 9.22. The normalized spacial score (nSPS) is 11.6. The molecule has 0 fully saturated rings. The molecule has 0 aliphatic carbocycles. The second-order valence-electron chi connectivity index (χ2n) is 6.56. The lowest BCUT2D eigenvalue weighted by molar-refractivity contribution is 0.355. The summed E-state index contributed by atoms with van der Waals surface area (Å²) in [4.78, 5) is 17.8. The van der Waals surface area contributed by atoms with E-state index < -0.39 is 0 Å². The first-order valence-corrected chi connectivity index (χ1v) is 10.0. The molecule has 4 aromatic rings. The molecule has 0 saturated carbocycles. The van der Waals surface area contributed by atoms with E-state index in [2.05, 4.69) is 16.2 Å². The Bertz CT molecular complexity index is 1350. The van der Waals surface area contributed by atoms with Gasteiger partial charge in [0.05, 0.1) is 30.4 Å². The van der Waals surface area contributed by atoms with Gasteiger partial charge in [0.25, 0.3) is 5.56 Å². The first kappa shape index (κ1) is 19.6. The summed E-state index contributed by atoms with van der Waals surface area (Å²) in [5, 5.41) is 13.2. The smallest absolute Gasteiger partial charge is 0.291 e. The Morgan fingerprint density at radius 3 is 2.53 bits per heavy atom. The van der Waals surface area contributed by atoms with Crippen LogP contribution in [0.5, 0.6) is 11.5 Å². The zero-order chi connectivity index (χ0) is 21.1. The van der Waals surface area contributed by atoms with Crippen LogP contribution in [-0.4, -0.2) is 28.8 Å². The Morgan fingerprint density at radius 1 is 1.10 bits per heavy atom. The maximum Gasteiger partial charge on any atom is 0.291 e. The lowest BCUT2D eigenvalue weighted by Gasteiger charge is -2.07. The Hall–Kier alpha value is -3.70. The predicted molar refractivity (Wildman–Crippen MR) is 114 cm³/mol. The Balaban J connectivity index is 1.57. The zero-order valence-corrected chi connectivity index (χ0v) is 17.3. The van der Waals surface area contributed by atoms with Crippen molar-refractivity contribution in [2.24, 2.45) is 0 Å². The van der Waals surface area contributed by atoms with E-state index in [0.717, 1.165) is 17.5 Å². The van der Waals surface area contributed by atoms with E-state index in [0.29, 0.717) is 38.8 Å². The van der Waals surface area contributed by atoms with Crippen molar-refractivity contribution in [3.05, 3.63) is 79.9 Å². The Morgan fingerprint density at radius 2 is 1.87 bits per heavy atom. The molecule has 0 aliphatic heterocycles. The number of thiazole rings is 1. The van der Waals surface area contributed by atoms with Gasteiger partial charge in [0, 0.05) is 6.42 Å². The van der Waals surface area contributed by atoms with Gasteiger partial charge in [-0.05, 0) is 47.9 Å². The van der Waals surface area contributed by atoms with Gasteiger partial charge in [0.1, 0.15) is 0 Å². The van der Waals surface area contributed by atoms with Crippen molar-refractivity contribution in [3.8, 4) is 17.6 Å². The van der Waals surface area contributed by atoms with Crippen LogP contribution in [0, 0.1) is 11.3 Å². The van der Waals surface area contributed by atoms with Gasteiger partial charge in [-0.3, -0.25) is 4.79 Å². The third-order valence-electron chi connectivity index (χ3n) is 4.65. The highest BCUT2D eigenvalue weighted by molar-refractivity contribution is 7.15. The van der Waals surface area contributed by atoms with Gasteiger partial charge in [-0.2, -0.15) is 9.78 Å². The first-order chi connectivity index (χ1) is 14.6. The summed E-state index contributed by atoms with van der Waals surface area (Å²) in [6, 6.07) is 15.0. The second-order valence-corrected chi connectivity index (χ2v) is 7.57. The van der Waals surface area contributed by atoms with Gasteiger partial charge in [-0.25, -0.2) is 4.98 Å². The lowest BCUT2D eigenvalue weighted by atomic mass is 10.1. The number of aryl methyl sites for hydroxylation is 2. The standard InChI is InChI=1S/C22H18N4O3S/c1-28-17-9-7-16(11-18(17)29-2)12-19-21(27)26-22(30-19)24-20(25-26)10-8-14-3-5-15(13-23)6-4-14/h3-7,9,11-12H,8,10H2,1-2H3/b19-12-. The second kappa shape index (κ2) is 8.35. The minimum absolute atomic E-state index is 0.193. The number of ether oxygens (including phenoxy) is 2. The van der Waals surface area contributed by atoms with Crippen molar-refractivity contribution in [2.45, 2.75) is 12.8 Å². The number of rotatable bonds is 6. The van der Waals surface area contributed by atoms with Crippen LogP contribution in [0.3, 0.4) is 0 Å². The van der Waals surface area contributed by atoms with E-state index in [1.807, 2.05) is 24.3 Å². The number of fused-ring (bicyclic) bond motifs is 1. The van der Waals surface area contributed by atoms with Gasteiger partial charge in [-0.1, -0.05) is 29.5 Å². The molecule has 30 heavy (non-hydrogen) atoms. The van der Waals surface area contributed by atoms with Gasteiger partial charge in [0.15, 0.2) is 17.3 Å². The molecule has 2 aromatic heterocycles. The number of nitriles is 1. The van der Waals surface area contributed by atoms with Crippen LogP contribution >= 0.6 is 11.3 Å². The molecule has 0 unspecified atom stereocenters. The number of nitrogens with zero attached hydrogens (tertiary/aromatic N) is 4. The summed E-state index contributed by atoms with van der Waals surface area (Å²) in [5.74, 6) is 1.86. The maximum atomic E-state index is 12.7. The third kappa shape index (κ3) is 3.88. The fourth-order valence-electron chi connectivity index (χ4n) is 3.08. The van der Waals surface area contributed by atoms with Gasteiger partial charge in [-0.15, -0.1) is 5.10 Å². The average Bonchev–Trinajstić information content (AvgIpc) is 3.31. The molecule has 0 bridgehead atoms. The Labute approximate surface area is 176 Å². The van der Waals surface area contributed by atoms with Gasteiger partial charge >= 0.3 is 0 Å². The van der Waals surface area contributed by atoms with Crippen LogP contribution in [-0.2, 0) is 12.8 Å². The molecule has 2 aromatic carbocycles. The summed E-state index contributed by atoms with van der Waals surface area (Å²) >= 11 is 1.30. The van der Waals surface area contributed by atoms with Crippen LogP contribution in [0.25, 0.3) is 11.0 Å². The van der Waals surface area contributed by atoms with Crippen LogP contribution in [0.15, 0.2) is 47.3 Å². The molecule has 0 radical (unpaired) electrons. The number of methoxy groups -OCH3 is 2. The molecule has 150 valence electrons. The number of benzene rings is 2. The highest BCUT2D eigenvalue weighted by atomic mass is 32.1. The van der Waals surface area contributed by atoms with Crippen molar-refractivity contribution in [2.75, 3.05) is 14.2 Å². The highest BCUT2D eigenvalue weighted by Gasteiger charge is 2.11. The van der Waals surface area contributed by atoms with Crippen molar-refractivity contribution in [1.82, 2.24) is 14.6 Å². The summed E-state index contributed by atoms with van der Waals surface area (Å²) < 4.78 is 12.5. The summed E-state index contributed by atoms with van der Waals surface area (Å²) in [7, 11) is 3.15. The molecule has 0 spiro atoms. The van der Waals surface area contributed by atoms with E-state index in [-0.39, 0.29) is 5.56 Å². The lowest BCUT2D eigenvalue weighted by Crippen LogP contribution is -2.23. The predicted octanol–water partition coefficient (Wildman–Crippen LogP) is 2.37. The maximum absolute atomic E-state index is 12.7. The molecule has 8 heteroatoms. The zero-order valence-electron chi connectivity index (χ0n) is 16.5. The summed E-state index contributed by atoms with van der Waals surface area (Å²) in [6.07, 6.45) is 3.15. The van der Waals surface area contributed by atoms with Crippen molar-refractivity contribution < 1.29 is 9.47 Å². The molecule has 0 amide bonds. The van der Waals surface area contributed by atoms with E-state index in [1.165, 1.54) is 15.9 Å². The summed E-state index contributed by atoms with van der Waals surface area (Å²) in [6.45, 7) is 0. The minimum Gasteiger partial charge on any atom is -0.493 e. The molecule has 0 atom stereocenters. The summed E-state index contributed by atoms with van der Waals surface area (Å²) in [5.41, 5.74) is 2.36. The van der Waals surface area contributed by atoms with Crippen LogP contribution in [0.4, 0.5) is 0 Å². The number of hydrogen-bond acceptors (Lipinski definition) is 7. The third-order valence-corrected chi connectivity index (χ3v) is 5.61. The van der Waals surface area contributed by atoms with Crippen LogP contribution in [0.1, 0.15) is 22.5 Å². The minimum atomic E-state index is -0.193. The van der Waals surface area contributed by atoms with Crippen molar-refractivity contribution in [1.29, 1.82) is 5.26 Å². The Kier molecular flexibility index (Phi) is 5.46. The van der Waals surface area contributed by atoms with E-state index in [9.17, 15) is 4.79 Å². The molecule has 0 N–H and O–H groups in total.